The summed E-state index contributed by atoms with van der Waals surface area (Å²) in [6, 6.07) is 8.21. The molecule has 0 atom stereocenters. The van der Waals surface area contributed by atoms with Crippen LogP contribution in [0.5, 0.6) is 0 Å². The van der Waals surface area contributed by atoms with Gasteiger partial charge < -0.3 is 4.57 Å². The molecular weight excluding hydrogens is 182 g/mol. The molecule has 0 fully saturated rings. The minimum atomic E-state index is 0.806. The smallest absolute Gasteiger partial charge is 0.0497 e. The summed E-state index contributed by atoms with van der Waals surface area (Å²) in [7, 11) is 0. The fourth-order valence-corrected chi connectivity index (χ4v) is 1.95. The van der Waals surface area contributed by atoms with E-state index in [0.717, 1.165) is 11.6 Å². The molecule has 13 heavy (non-hydrogen) atoms. The van der Waals surface area contributed by atoms with Crippen molar-refractivity contribution in [3.63, 3.8) is 0 Å². The first-order valence-electron chi connectivity index (χ1n) is 4.47. The van der Waals surface area contributed by atoms with Crippen LogP contribution in [0.4, 0.5) is 0 Å². The van der Waals surface area contributed by atoms with E-state index >= 15 is 0 Å². The zero-order chi connectivity index (χ0) is 9.42. The van der Waals surface area contributed by atoms with Crippen LogP contribution in [-0.4, -0.2) is 4.57 Å². The van der Waals surface area contributed by atoms with Crippen molar-refractivity contribution in [3.05, 3.63) is 35.0 Å². The Hall–Kier alpha value is -0.950. The fraction of sp³-hybridized carbons (Fsp3) is 0.273. The van der Waals surface area contributed by atoms with E-state index in [2.05, 4.69) is 30.5 Å². The van der Waals surface area contributed by atoms with Crippen LogP contribution in [0.1, 0.15) is 12.6 Å². The van der Waals surface area contributed by atoms with Gasteiger partial charge in [0, 0.05) is 22.8 Å². The Kier molecular flexibility index (Phi) is 2.04. The van der Waals surface area contributed by atoms with Crippen molar-refractivity contribution >= 4 is 22.5 Å². The van der Waals surface area contributed by atoms with Crippen LogP contribution < -0.4 is 0 Å². The molecule has 1 heterocycles. The normalized spacial score (nSPS) is 11.0. The van der Waals surface area contributed by atoms with Crippen LogP contribution in [0.3, 0.4) is 0 Å². The summed E-state index contributed by atoms with van der Waals surface area (Å²) in [4.78, 5) is 0. The number of benzene rings is 1. The molecule has 2 aromatic rings. The van der Waals surface area contributed by atoms with Gasteiger partial charge in [-0.25, -0.2) is 0 Å². The monoisotopic (exact) mass is 193 g/mol. The van der Waals surface area contributed by atoms with E-state index < -0.39 is 0 Å². The van der Waals surface area contributed by atoms with Gasteiger partial charge >= 0.3 is 0 Å². The Labute approximate surface area is 82.9 Å². The lowest BCUT2D eigenvalue weighted by Gasteiger charge is -2.03. The van der Waals surface area contributed by atoms with Gasteiger partial charge in [0.2, 0.25) is 0 Å². The third-order valence-corrected chi connectivity index (χ3v) is 2.62. The Morgan fingerprint density at radius 2 is 2.08 bits per heavy atom. The number of hydrogen-bond acceptors (Lipinski definition) is 0. The van der Waals surface area contributed by atoms with E-state index in [-0.39, 0.29) is 0 Å². The molecule has 0 saturated heterocycles. The van der Waals surface area contributed by atoms with Crippen LogP contribution in [0.25, 0.3) is 10.9 Å². The topological polar surface area (TPSA) is 4.93 Å². The molecule has 0 radical (unpaired) electrons. The van der Waals surface area contributed by atoms with E-state index in [9.17, 15) is 0 Å². The number of aryl methyl sites for hydroxylation is 2. The van der Waals surface area contributed by atoms with Gasteiger partial charge in [-0.2, -0.15) is 0 Å². The Morgan fingerprint density at radius 3 is 2.77 bits per heavy atom. The predicted octanol–water partition coefficient (Wildman–Crippen LogP) is 3.62. The van der Waals surface area contributed by atoms with Crippen LogP contribution >= 0.6 is 11.6 Å². The maximum atomic E-state index is 5.94. The van der Waals surface area contributed by atoms with Crippen molar-refractivity contribution in [2.45, 2.75) is 20.4 Å². The first kappa shape index (κ1) is 8.64. The number of hydrogen-bond donors (Lipinski definition) is 0. The van der Waals surface area contributed by atoms with Crippen LogP contribution in [0, 0.1) is 6.92 Å². The Balaban J connectivity index is 2.80. The molecule has 0 aliphatic carbocycles. The van der Waals surface area contributed by atoms with E-state index in [0.29, 0.717) is 0 Å². The maximum absolute atomic E-state index is 5.94. The molecule has 0 N–H and O–H groups in total. The van der Waals surface area contributed by atoms with Gasteiger partial charge in [-0.1, -0.05) is 17.7 Å². The summed E-state index contributed by atoms with van der Waals surface area (Å²) < 4.78 is 2.27. The van der Waals surface area contributed by atoms with Crippen molar-refractivity contribution in [3.8, 4) is 0 Å². The molecule has 2 heteroatoms. The van der Waals surface area contributed by atoms with Gasteiger partial charge in [-0.15, -0.1) is 0 Å². The van der Waals surface area contributed by atoms with E-state index in [4.69, 9.17) is 11.6 Å². The largest absolute Gasteiger partial charge is 0.345 e. The number of fused-ring (bicyclic) bond motifs is 1. The standard InChI is InChI=1S/C11H12ClN/c1-3-13-8(2)6-9-4-5-10(12)7-11(9)13/h4-7H,3H2,1-2H3. The Morgan fingerprint density at radius 1 is 1.31 bits per heavy atom. The second kappa shape index (κ2) is 3.08. The second-order valence-corrected chi connectivity index (χ2v) is 3.67. The van der Waals surface area contributed by atoms with Gasteiger partial charge in [0.1, 0.15) is 0 Å². The SMILES string of the molecule is CCn1c(C)cc2ccc(Cl)cc21. The molecule has 0 saturated carbocycles. The van der Waals surface area contributed by atoms with Crippen LogP contribution in [0.2, 0.25) is 5.02 Å². The van der Waals surface area contributed by atoms with Crippen molar-refractivity contribution in [2.24, 2.45) is 0 Å². The third-order valence-electron chi connectivity index (χ3n) is 2.39. The summed E-state index contributed by atoms with van der Waals surface area (Å²) >= 11 is 5.94. The molecule has 0 spiro atoms. The van der Waals surface area contributed by atoms with Gasteiger partial charge in [-0.05, 0) is 37.4 Å². The fourth-order valence-electron chi connectivity index (χ4n) is 1.79. The van der Waals surface area contributed by atoms with E-state index in [1.54, 1.807) is 0 Å². The summed E-state index contributed by atoms with van der Waals surface area (Å²) in [5, 5.41) is 2.07. The van der Waals surface area contributed by atoms with Crippen LogP contribution in [-0.2, 0) is 6.54 Å². The lowest BCUT2D eigenvalue weighted by Crippen LogP contribution is -1.95. The Bertz CT molecular complexity index is 443. The van der Waals surface area contributed by atoms with Crippen molar-refractivity contribution in [1.29, 1.82) is 0 Å². The molecule has 0 unspecified atom stereocenters. The summed E-state index contributed by atoms with van der Waals surface area (Å²) in [6.45, 7) is 5.26. The summed E-state index contributed by atoms with van der Waals surface area (Å²) in [6.07, 6.45) is 0. The lowest BCUT2D eigenvalue weighted by molar-refractivity contribution is 0.770. The lowest BCUT2D eigenvalue weighted by atomic mass is 10.2. The van der Waals surface area contributed by atoms with Crippen molar-refractivity contribution in [1.82, 2.24) is 4.57 Å². The molecule has 0 aliphatic heterocycles. The molecular formula is C11H12ClN. The average molecular weight is 194 g/mol. The van der Waals surface area contributed by atoms with Crippen LogP contribution in [0.15, 0.2) is 24.3 Å². The maximum Gasteiger partial charge on any atom is 0.0497 e. The minimum absolute atomic E-state index is 0.806. The number of nitrogens with zero attached hydrogens (tertiary/aromatic N) is 1. The highest BCUT2D eigenvalue weighted by Crippen LogP contribution is 2.22. The highest BCUT2D eigenvalue weighted by Gasteiger charge is 2.03. The predicted molar refractivity (Wildman–Crippen MR) is 57.4 cm³/mol. The number of halogens is 1. The van der Waals surface area contributed by atoms with Crippen molar-refractivity contribution in [2.75, 3.05) is 0 Å². The molecule has 1 nitrogen and oxygen atoms in total. The second-order valence-electron chi connectivity index (χ2n) is 3.23. The summed E-state index contributed by atoms with van der Waals surface area (Å²) in [5.41, 5.74) is 2.52. The minimum Gasteiger partial charge on any atom is -0.345 e. The van der Waals surface area contributed by atoms with Gasteiger partial charge in [-0.3, -0.25) is 0 Å². The molecule has 1 aromatic heterocycles. The molecule has 0 amide bonds. The quantitative estimate of drug-likeness (QED) is 0.652. The molecule has 2 rings (SSSR count). The van der Waals surface area contributed by atoms with E-state index in [1.165, 1.54) is 16.6 Å². The molecule has 68 valence electrons. The van der Waals surface area contributed by atoms with Crippen molar-refractivity contribution < 1.29 is 0 Å². The zero-order valence-electron chi connectivity index (χ0n) is 7.84. The highest BCUT2D eigenvalue weighted by molar-refractivity contribution is 6.31. The number of aromatic nitrogens is 1. The molecule has 1 aromatic carbocycles. The molecule has 0 bridgehead atoms. The first-order valence-corrected chi connectivity index (χ1v) is 4.85. The summed E-state index contributed by atoms with van der Waals surface area (Å²) in [5.74, 6) is 0. The molecule has 0 aliphatic rings. The highest BCUT2D eigenvalue weighted by atomic mass is 35.5. The number of rotatable bonds is 1. The van der Waals surface area contributed by atoms with Gasteiger partial charge in [0.25, 0.3) is 0 Å². The van der Waals surface area contributed by atoms with Gasteiger partial charge in [0.15, 0.2) is 0 Å². The zero-order valence-corrected chi connectivity index (χ0v) is 8.60. The third kappa shape index (κ3) is 1.33. The average Bonchev–Trinajstić information content (AvgIpc) is 2.40. The van der Waals surface area contributed by atoms with Gasteiger partial charge in [0.05, 0.1) is 0 Å². The first-order chi connectivity index (χ1) is 6.22. The van der Waals surface area contributed by atoms with E-state index in [1.807, 2.05) is 12.1 Å².